The van der Waals surface area contributed by atoms with E-state index >= 15 is 0 Å². The molecule has 0 aliphatic heterocycles. The molecule has 0 amide bonds. The van der Waals surface area contributed by atoms with Crippen molar-refractivity contribution in [2.45, 2.75) is 20.0 Å². The van der Waals surface area contributed by atoms with Gasteiger partial charge in [-0.2, -0.15) is 4.98 Å². The standard InChI is InChI=1S/C21H22N6O2/c1-14-6-8-15(9-7-14)13-27-17-18(25(2)21(29)26(3)19(17)28)24-20(27)23-12-16-5-4-10-22-11-16/h4-11H,12-13H2,1-3H3,(H,23,24). The molecule has 0 fully saturated rings. The molecule has 29 heavy (non-hydrogen) atoms. The molecule has 4 aromatic rings. The maximum Gasteiger partial charge on any atom is 0.332 e. The topological polar surface area (TPSA) is 86.7 Å². The fourth-order valence-corrected chi connectivity index (χ4v) is 3.30. The Balaban J connectivity index is 1.85. The number of aromatic nitrogens is 5. The van der Waals surface area contributed by atoms with E-state index in [-0.39, 0.29) is 5.56 Å². The fraction of sp³-hybridized carbons (Fsp3) is 0.238. The van der Waals surface area contributed by atoms with Crippen LogP contribution in [0.15, 0.2) is 58.4 Å². The Morgan fingerprint density at radius 1 is 1.00 bits per heavy atom. The van der Waals surface area contributed by atoms with Crippen molar-refractivity contribution < 1.29 is 0 Å². The van der Waals surface area contributed by atoms with Gasteiger partial charge in [-0.05, 0) is 24.1 Å². The van der Waals surface area contributed by atoms with Crippen molar-refractivity contribution in [2.24, 2.45) is 14.1 Å². The number of pyridine rings is 1. The Bertz CT molecular complexity index is 1280. The van der Waals surface area contributed by atoms with Crippen LogP contribution in [-0.2, 0) is 27.2 Å². The molecule has 0 spiro atoms. The third-order valence-corrected chi connectivity index (χ3v) is 4.98. The molecule has 0 radical (unpaired) electrons. The fourth-order valence-electron chi connectivity index (χ4n) is 3.30. The summed E-state index contributed by atoms with van der Waals surface area (Å²) in [5, 5.41) is 3.29. The number of nitrogens with one attached hydrogen (secondary N) is 1. The summed E-state index contributed by atoms with van der Waals surface area (Å²) in [6.07, 6.45) is 3.49. The van der Waals surface area contributed by atoms with Crippen molar-refractivity contribution in [3.63, 3.8) is 0 Å². The number of imidazole rings is 1. The molecule has 0 bridgehead atoms. The average molecular weight is 390 g/mol. The minimum Gasteiger partial charge on any atom is -0.351 e. The van der Waals surface area contributed by atoms with E-state index in [4.69, 9.17) is 0 Å². The van der Waals surface area contributed by atoms with Crippen LogP contribution in [0.25, 0.3) is 11.2 Å². The highest BCUT2D eigenvalue weighted by Crippen LogP contribution is 2.19. The SMILES string of the molecule is Cc1ccc(Cn2c(NCc3cccnc3)nc3c2c(=O)n(C)c(=O)n3C)cc1. The van der Waals surface area contributed by atoms with Crippen LogP contribution >= 0.6 is 0 Å². The van der Waals surface area contributed by atoms with Crippen LogP contribution in [0.5, 0.6) is 0 Å². The number of benzene rings is 1. The Kier molecular flexibility index (Phi) is 4.75. The Morgan fingerprint density at radius 3 is 2.45 bits per heavy atom. The first-order chi connectivity index (χ1) is 14.0. The van der Waals surface area contributed by atoms with Gasteiger partial charge in [0.05, 0.1) is 6.54 Å². The maximum absolute atomic E-state index is 12.9. The van der Waals surface area contributed by atoms with Gasteiger partial charge in [0.25, 0.3) is 5.56 Å². The predicted octanol–water partition coefficient (Wildman–Crippen LogP) is 1.80. The molecule has 0 aliphatic rings. The molecule has 0 saturated carbocycles. The first-order valence-electron chi connectivity index (χ1n) is 9.30. The second kappa shape index (κ2) is 7.38. The summed E-state index contributed by atoms with van der Waals surface area (Å²) in [6.45, 7) is 2.99. The van der Waals surface area contributed by atoms with E-state index in [1.165, 1.54) is 11.6 Å². The number of nitrogens with zero attached hydrogens (tertiary/aromatic N) is 5. The molecular formula is C21H22N6O2. The van der Waals surface area contributed by atoms with E-state index in [0.29, 0.717) is 30.2 Å². The Hall–Kier alpha value is -3.68. The van der Waals surface area contributed by atoms with E-state index in [1.807, 2.05) is 47.9 Å². The van der Waals surface area contributed by atoms with Crippen molar-refractivity contribution >= 4 is 17.1 Å². The highest BCUT2D eigenvalue weighted by atomic mass is 16.2. The van der Waals surface area contributed by atoms with Crippen molar-refractivity contribution in [1.29, 1.82) is 0 Å². The normalized spacial score (nSPS) is 11.1. The summed E-state index contributed by atoms with van der Waals surface area (Å²) in [7, 11) is 3.11. The zero-order valence-corrected chi connectivity index (χ0v) is 16.6. The van der Waals surface area contributed by atoms with E-state index in [0.717, 1.165) is 21.3 Å². The molecule has 3 heterocycles. The van der Waals surface area contributed by atoms with Gasteiger partial charge in [-0.15, -0.1) is 0 Å². The van der Waals surface area contributed by atoms with Crippen LogP contribution in [0, 0.1) is 6.92 Å². The molecule has 4 rings (SSSR count). The van der Waals surface area contributed by atoms with E-state index in [1.54, 1.807) is 19.4 Å². The highest BCUT2D eigenvalue weighted by Gasteiger charge is 2.19. The molecule has 1 aromatic carbocycles. The molecule has 8 heteroatoms. The maximum atomic E-state index is 12.9. The van der Waals surface area contributed by atoms with Gasteiger partial charge in [0, 0.05) is 33.0 Å². The summed E-state index contributed by atoms with van der Waals surface area (Å²) in [6, 6.07) is 11.9. The average Bonchev–Trinajstić information content (AvgIpc) is 3.10. The van der Waals surface area contributed by atoms with Gasteiger partial charge in [-0.1, -0.05) is 35.9 Å². The summed E-state index contributed by atoms with van der Waals surface area (Å²) in [5.74, 6) is 0.530. The second-order valence-electron chi connectivity index (χ2n) is 7.10. The van der Waals surface area contributed by atoms with Crippen molar-refractivity contribution in [1.82, 2.24) is 23.7 Å². The summed E-state index contributed by atoms with van der Waals surface area (Å²) in [5.41, 5.74) is 3.18. The minimum absolute atomic E-state index is 0.360. The Labute approximate surface area is 167 Å². The van der Waals surface area contributed by atoms with Crippen LogP contribution in [0.4, 0.5) is 5.95 Å². The first-order valence-corrected chi connectivity index (χ1v) is 9.30. The van der Waals surface area contributed by atoms with Crippen LogP contribution in [0.1, 0.15) is 16.7 Å². The van der Waals surface area contributed by atoms with Gasteiger partial charge in [-0.3, -0.25) is 23.5 Å². The molecule has 3 aromatic heterocycles. The number of aryl methyl sites for hydroxylation is 2. The van der Waals surface area contributed by atoms with Gasteiger partial charge >= 0.3 is 5.69 Å². The smallest absolute Gasteiger partial charge is 0.332 e. The van der Waals surface area contributed by atoms with Crippen LogP contribution < -0.4 is 16.6 Å². The highest BCUT2D eigenvalue weighted by molar-refractivity contribution is 5.74. The molecule has 0 atom stereocenters. The number of rotatable bonds is 5. The number of hydrogen-bond acceptors (Lipinski definition) is 5. The second-order valence-corrected chi connectivity index (χ2v) is 7.10. The molecule has 0 unspecified atom stereocenters. The number of hydrogen-bond donors (Lipinski definition) is 1. The van der Waals surface area contributed by atoms with Crippen molar-refractivity contribution in [2.75, 3.05) is 5.32 Å². The minimum atomic E-state index is -0.402. The summed E-state index contributed by atoms with van der Waals surface area (Å²) in [4.78, 5) is 34.0. The van der Waals surface area contributed by atoms with Crippen LogP contribution in [0.3, 0.4) is 0 Å². The van der Waals surface area contributed by atoms with Crippen molar-refractivity contribution in [3.05, 3.63) is 86.3 Å². The summed E-state index contributed by atoms with van der Waals surface area (Å²) >= 11 is 0. The van der Waals surface area contributed by atoms with E-state index in [9.17, 15) is 9.59 Å². The Morgan fingerprint density at radius 2 is 1.76 bits per heavy atom. The van der Waals surface area contributed by atoms with E-state index < -0.39 is 5.69 Å². The van der Waals surface area contributed by atoms with Crippen molar-refractivity contribution in [3.8, 4) is 0 Å². The molecule has 1 N–H and O–H groups in total. The third kappa shape index (κ3) is 3.44. The lowest BCUT2D eigenvalue weighted by Crippen LogP contribution is -2.37. The lowest BCUT2D eigenvalue weighted by Gasteiger charge is -2.11. The predicted molar refractivity (Wildman–Crippen MR) is 112 cm³/mol. The number of anilines is 1. The van der Waals surface area contributed by atoms with Crippen LogP contribution in [-0.4, -0.2) is 23.7 Å². The molecule has 0 aliphatic carbocycles. The van der Waals surface area contributed by atoms with Gasteiger partial charge in [0.1, 0.15) is 0 Å². The monoisotopic (exact) mass is 390 g/mol. The van der Waals surface area contributed by atoms with E-state index in [2.05, 4.69) is 15.3 Å². The first kappa shape index (κ1) is 18.7. The van der Waals surface area contributed by atoms with Crippen LogP contribution in [0.2, 0.25) is 0 Å². The largest absolute Gasteiger partial charge is 0.351 e. The van der Waals surface area contributed by atoms with Gasteiger partial charge in [0.15, 0.2) is 11.2 Å². The molecular weight excluding hydrogens is 368 g/mol. The lowest BCUT2D eigenvalue weighted by molar-refractivity contribution is 0.702. The molecule has 8 nitrogen and oxygen atoms in total. The quantitative estimate of drug-likeness (QED) is 0.562. The van der Waals surface area contributed by atoms with Gasteiger partial charge in [-0.25, -0.2) is 4.79 Å². The third-order valence-electron chi connectivity index (χ3n) is 4.98. The zero-order chi connectivity index (χ0) is 20.5. The molecule has 148 valence electrons. The molecule has 0 saturated heterocycles. The van der Waals surface area contributed by atoms with Gasteiger partial charge < -0.3 is 5.32 Å². The lowest BCUT2D eigenvalue weighted by atomic mass is 10.1. The zero-order valence-electron chi connectivity index (χ0n) is 16.6. The van der Waals surface area contributed by atoms with Gasteiger partial charge in [0.2, 0.25) is 5.95 Å². The number of fused-ring (bicyclic) bond motifs is 1. The summed E-state index contributed by atoms with van der Waals surface area (Å²) < 4.78 is 4.34.